The maximum atomic E-state index is 13.6. The molecule has 0 radical (unpaired) electrons. The molecule has 0 unspecified atom stereocenters. The van der Waals surface area contributed by atoms with Gasteiger partial charge in [-0.1, -0.05) is 29.3 Å². The van der Waals surface area contributed by atoms with Gasteiger partial charge in [-0.25, -0.2) is 4.39 Å². The van der Waals surface area contributed by atoms with E-state index in [0.717, 1.165) is 0 Å². The van der Waals surface area contributed by atoms with Crippen LogP contribution < -0.4 is 10.1 Å². The number of benzene rings is 2. The number of hydrogen-bond donors (Lipinski definition) is 1. The molecule has 2 aromatic rings. The standard InChI is InChI=1S/C18H18Cl2FNO2S/c1-2-24-17-7-6-12(10-15(17)20)18(23)22-8-9-25-11-13-14(19)4-3-5-16(13)21/h3-7,10H,2,8-9,11H2,1H3,(H,22,23). The van der Waals surface area contributed by atoms with Crippen molar-refractivity contribution >= 4 is 40.9 Å². The van der Waals surface area contributed by atoms with Gasteiger partial charge in [0.25, 0.3) is 5.91 Å². The van der Waals surface area contributed by atoms with Gasteiger partial charge in [-0.15, -0.1) is 0 Å². The fourth-order valence-electron chi connectivity index (χ4n) is 2.10. The van der Waals surface area contributed by atoms with E-state index in [1.807, 2.05) is 6.92 Å². The highest BCUT2D eigenvalue weighted by atomic mass is 35.5. The highest BCUT2D eigenvalue weighted by Crippen LogP contribution is 2.26. The maximum Gasteiger partial charge on any atom is 0.251 e. The van der Waals surface area contributed by atoms with Gasteiger partial charge in [0.1, 0.15) is 11.6 Å². The molecule has 0 atom stereocenters. The fraction of sp³-hybridized carbons (Fsp3) is 0.278. The summed E-state index contributed by atoms with van der Waals surface area (Å²) in [6, 6.07) is 9.55. The lowest BCUT2D eigenvalue weighted by Gasteiger charge is -2.09. The van der Waals surface area contributed by atoms with Crippen LogP contribution in [0, 0.1) is 5.82 Å². The van der Waals surface area contributed by atoms with E-state index in [2.05, 4.69) is 5.32 Å². The SMILES string of the molecule is CCOc1ccc(C(=O)NCCSCc2c(F)cccc2Cl)cc1Cl. The lowest BCUT2D eigenvalue weighted by molar-refractivity contribution is 0.0956. The summed E-state index contributed by atoms with van der Waals surface area (Å²) in [4.78, 5) is 12.1. The van der Waals surface area contributed by atoms with Crippen molar-refractivity contribution in [3.63, 3.8) is 0 Å². The fourth-order valence-corrected chi connectivity index (χ4v) is 3.53. The van der Waals surface area contributed by atoms with E-state index >= 15 is 0 Å². The molecular weight excluding hydrogens is 384 g/mol. The largest absolute Gasteiger partial charge is 0.492 e. The zero-order valence-electron chi connectivity index (χ0n) is 13.7. The zero-order chi connectivity index (χ0) is 18.2. The van der Waals surface area contributed by atoms with Crippen LogP contribution in [-0.4, -0.2) is 24.8 Å². The van der Waals surface area contributed by atoms with Crippen LogP contribution in [0.1, 0.15) is 22.8 Å². The first-order valence-corrected chi connectivity index (χ1v) is 9.65. The van der Waals surface area contributed by atoms with E-state index in [4.69, 9.17) is 27.9 Å². The molecule has 1 amide bonds. The predicted octanol–water partition coefficient (Wildman–Crippen LogP) is 5.19. The van der Waals surface area contributed by atoms with Gasteiger partial charge in [0, 0.05) is 34.2 Å². The number of carbonyl (C=O) groups is 1. The molecule has 0 saturated heterocycles. The Labute approximate surface area is 160 Å². The van der Waals surface area contributed by atoms with Crippen molar-refractivity contribution in [2.24, 2.45) is 0 Å². The van der Waals surface area contributed by atoms with E-state index in [-0.39, 0.29) is 11.7 Å². The second-order valence-corrected chi connectivity index (χ2v) is 7.01. The third kappa shape index (κ3) is 5.80. The summed E-state index contributed by atoms with van der Waals surface area (Å²) < 4.78 is 19.0. The van der Waals surface area contributed by atoms with Gasteiger partial charge in [0.05, 0.1) is 11.6 Å². The van der Waals surface area contributed by atoms with Crippen LogP contribution in [-0.2, 0) is 5.75 Å². The molecule has 134 valence electrons. The molecule has 25 heavy (non-hydrogen) atoms. The van der Waals surface area contributed by atoms with E-state index in [9.17, 15) is 9.18 Å². The number of ether oxygens (including phenoxy) is 1. The number of carbonyl (C=O) groups excluding carboxylic acids is 1. The molecule has 0 fully saturated rings. The topological polar surface area (TPSA) is 38.3 Å². The summed E-state index contributed by atoms with van der Waals surface area (Å²) in [6.45, 7) is 2.83. The summed E-state index contributed by atoms with van der Waals surface area (Å²) in [7, 11) is 0. The first-order valence-electron chi connectivity index (χ1n) is 7.74. The van der Waals surface area contributed by atoms with Crippen molar-refractivity contribution in [3.05, 3.63) is 63.4 Å². The summed E-state index contributed by atoms with van der Waals surface area (Å²) in [6.07, 6.45) is 0. The molecule has 2 aromatic carbocycles. The first-order chi connectivity index (χ1) is 12.0. The quantitative estimate of drug-likeness (QED) is 0.618. The van der Waals surface area contributed by atoms with Crippen molar-refractivity contribution < 1.29 is 13.9 Å². The smallest absolute Gasteiger partial charge is 0.251 e. The van der Waals surface area contributed by atoms with Crippen LogP contribution >= 0.6 is 35.0 Å². The van der Waals surface area contributed by atoms with Crippen molar-refractivity contribution in [1.29, 1.82) is 0 Å². The Bertz CT molecular complexity index is 723. The van der Waals surface area contributed by atoms with Crippen LogP contribution in [0.2, 0.25) is 10.0 Å². The minimum absolute atomic E-state index is 0.213. The second-order valence-electron chi connectivity index (χ2n) is 5.09. The average Bonchev–Trinajstić information content (AvgIpc) is 2.58. The van der Waals surface area contributed by atoms with Gasteiger partial charge < -0.3 is 10.1 Å². The summed E-state index contributed by atoms with van der Waals surface area (Å²) >= 11 is 13.6. The summed E-state index contributed by atoms with van der Waals surface area (Å²) in [5, 5.41) is 3.63. The highest BCUT2D eigenvalue weighted by molar-refractivity contribution is 7.98. The molecule has 1 N–H and O–H groups in total. The van der Waals surface area contributed by atoms with Crippen LogP contribution in [0.4, 0.5) is 4.39 Å². The van der Waals surface area contributed by atoms with Gasteiger partial charge >= 0.3 is 0 Å². The Balaban J connectivity index is 1.78. The first kappa shape index (κ1) is 19.9. The summed E-state index contributed by atoms with van der Waals surface area (Å²) in [5.41, 5.74) is 0.953. The van der Waals surface area contributed by atoms with Crippen LogP contribution in [0.15, 0.2) is 36.4 Å². The molecule has 3 nitrogen and oxygen atoms in total. The van der Waals surface area contributed by atoms with Crippen molar-refractivity contribution in [1.82, 2.24) is 5.32 Å². The van der Waals surface area contributed by atoms with Gasteiger partial charge in [-0.3, -0.25) is 4.79 Å². The molecule has 0 aliphatic rings. The normalized spacial score (nSPS) is 10.6. The van der Waals surface area contributed by atoms with Crippen molar-refractivity contribution in [3.8, 4) is 5.75 Å². The molecule has 0 heterocycles. The molecule has 0 saturated carbocycles. The van der Waals surface area contributed by atoms with Gasteiger partial charge in [-0.2, -0.15) is 11.8 Å². The third-order valence-corrected chi connectivity index (χ3v) is 4.97. The Morgan fingerprint density at radius 3 is 2.72 bits per heavy atom. The van der Waals surface area contributed by atoms with Crippen LogP contribution in [0.25, 0.3) is 0 Å². The molecule has 2 rings (SSSR count). The number of halogens is 3. The molecule has 0 aliphatic carbocycles. The lowest BCUT2D eigenvalue weighted by atomic mass is 10.2. The summed E-state index contributed by atoms with van der Waals surface area (Å²) in [5.74, 6) is 1.12. The number of hydrogen-bond acceptors (Lipinski definition) is 3. The van der Waals surface area contributed by atoms with E-state index < -0.39 is 0 Å². The lowest BCUT2D eigenvalue weighted by Crippen LogP contribution is -2.25. The molecule has 0 spiro atoms. The maximum absolute atomic E-state index is 13.6. The molecule has 0 bridgehead atoms. The second kappa shape index (κ2) is 9.90. The van der Waals surface area contributed by atoms with E-state index in [1.54, 1.807) is 30.3 Å². The van der Waals surface area contributed by atoms with Gasteiger partial charge in [0.2, 0.25) is 0 Å². The molecular formula is C18H18Cl2FNO2S. The molecule has 0 aromatic heterocycles. The van der Waals surface area contributed by atoms with Crippen LogP contribution in [0.3, 0.4) is 0 Å². The Kier molecular flexibility index (Phi) is 7.88. The minimum atomic E-state index is -0.312. The van der Waals surface area contributed by atoms with Crippen molar-refractivity contribution in [2.45, 2.75) is 12.7 Å². The monoisotopic (exact) mass is 401 g/mol. The number of thioether (sulfide) groups is 1. The van der Waals surface area contributed by atoms with Crippen molar-refractivity contribution in [2.75, 3.05) is 18.9 Å². The Hall–Kier alpha value is -1.43. The van der Waals surface area contributed by atoms with E-state index in [1.165, 1.54) is 17.8 Å². The van der Waals surface area contributed by atoms with E-state index in [0.29, 0.717) is 51.6 Å². The Morgan fingerprint density at radius 2 is 2.04 bits per heavy atom. The molecule has 7 heteroatoms. The van der Waals surface area contributed by atoms with Crippen LogP contribution in [0.5, 0.6) is 5.75 Å². The molecule has 0 aliphatic heterocycles. The number of amides is 1. The number of rotatable bonds is 8. The average molecular weight is 402 g/mol. The third-order valence-electron chi connectivity index (χ3n) is 3.33. The minimum Gasteiger partial charge on any atom is -0.492 e. The zero-order valence-corrected chi connectivity index (χ0v) is 16.0. The number of nitrogens with one attached hydrogen (secondary N) is 1. The van der Waals surface area contributed by atoms with Gasteiger partial charge in [0.15, 0.2) is 0 Å². The Morgan fingerprint density at radius 1 is 1.24 bits per heavy atom. The highest BCUT2D eigenvalue weighted by Gasteiger charge is 2.10. The predicted molar refractivity (Wildman–Crippen MR) is 103 cm³/mol. The van der Waals surface area contributed by atoms with Gasteiger partial charge in [-0.05, 0) is 37.3 Å².